The number of carbonyl (C=O) groups is 2. The molecule has 0 radical (unpaired) electrons. The van der Waals surface area contributed by atoms with E-state index in [1.165, 1.54) is 18.7 Å². The van der Waals surface area contributed by atoms with Crippen LogP contribution in [0.3, 0.4) is 0 Å². The van der Waals surface area contributed by atoms with Gasteiger partial charge in [-0.15, -0.1) is 0 Å². The Hall–Kier alpha value is -1.87. The summed E-state index contributed by atoms with van der Waals surface area (Å²) in [6.45, 7) is 2.86. The van der Waals surface area contributed by atoms with Crippen LogP contribution in [0.25, 0.3) is 0 Å². The van der Waals surface area contributed by atoms with E-state index in [1.807, 2.05) is 0 Å². The molecule has 0 aliphatic carbocycles. The summed E-state index contributed by atoms with van der Waals surface area (Å²) in [5.74, 6) is -1.42. The summed E-state index contributed by atoms with van der Waals surface area (Å²) in [5, 5.41) is 8.98. The molecule has 21 heavy (non-hydrogen) atoms. The largest absolute Gasteiger partial charge is 0.477 e. The van der Waals surface area contributed by atoms with E-state index in [2.05, 4.69) is 9.71 Å². The summed E-state index contributed by atoms with van der Waals surface area (Å²) in [6.07, 6.45) is 0.0283. The van der Waals surface area contributed by atoms with E-state index in [0.717, 1.165) is 0 Å². The number of carbonyl (C=O) groups excluding carboxylic acids is 1. The van der Waals surface area contributed by atoms with Crippen LogP contribution in [0.2, 0.25) is 0 Å². The Morgan fingerprint density at radius 2 is 1.86 bits per heavy atom. The maximum Gasteiger partial charge on any atom is 0.352 e. The molecule has 0 unspecified atom stereocenters. The lowest BCUT2D eigenvalue weighted by Crippen LogP contribution is -2.30. The van der Waals surface area contributed by atoms with Gasteiger partial charge in [0.1, 0.15) is 10.6 Å². The number of rotatable bonds is 6. The van der Waals surface area contributed by atoms with E-state index in [0.29, 0.717) is 0 Å². The molecule has 0 spiro atoms. The molecule has 0 aromatic carbocycles. The maximum atomic E-state index is 12.2. The number of carboxylic acid groups (broad SMARTS) is 1. The molecule has 1 aromatic rings. The fourth-order valence-electron chi connectivity index (χ4n) is 1.94. The van der Waals surface area contributed by atoms with Gasteiger partial charge >= 0.3 is 5.97 Å². The fraction of sp³-hybridized carbons (Fsp3) is 0.500. The lowest BCUT2D eigenvalue weighted by atomic mass is 10.2. The molecule has 9 heteroatoms. The van der Waals surface area contributed by atoms with Crippen LogP contribution >= 0.6 is 0 Å². The van der Waals surface area contributed by atoms with Crippen LogP contribution in [-0.2, 0) is 14.8 Å². The van der Waals surface area contributed by atoms with Crippen LogP contribution in [0.4, 0.5) is 0 Å². The third kappa shape index (κ3) is 3.82. The van der Waals surface area contributed by atoms with Crippen LogP contribution in [0.1, 0.15) is 28.2 Å². The number of nitrogens with zero attached hydrogens (tertiary/aromatic N) is 1. The van der Waals surface area contributed by atoms with Gasteiger partial charge in [0.2, 0.25) is 15.9 Å². The first kappa shape index (κ1) is 17.2. The summed E-state index contributed by atoms with van der Waals surface area (Å²) in [6, 6.07) is 0. The van der Waals surface area contributed by atoms with Crippen LogP contribution < -0.4 is 4.72 Å². The number of hydrogen-bond donors (Lipinski definition) is 3. The van der Waals surface area contributed by atoms with Gasteiger partial charge in [0, 0.05) is 38.3 Å². The molecule has 3 N–H and O–H groups in total. The maximum absolute atomic E-state index is 12.2. The Bertz CT molecular complexity index is 661. The van der Waals surface area contributed by atoms with Gasteiger partial charge in [-0.05, 0) is 13.8 Å². The quantitative estimate of drug-likeness (QED) is 0.686. The summed E-state index contributed by atoms with van der Waals surface area (Å²) < 4.78 is 26.7. The summed E-state index contributed by atoms with van der Waals surface area (Å²) in [7, 11) is -0.711. The molecule has 118 valence electrons. The predicted molar refractivity (Wildman–Crippen MR) is 75.7 cm³/mol. The number of aromatic amines is 1. The van der Waals surface area contributed by atoms with E-state index in [9.17, 15) is 18.0 Å². The summed E-state index contributed by atoms with van der Waals surface area (Å²) in [4.78, 5) is 26.2. The zero-order valence-electron chi connectivity index (χ0n) is 12.3. The van der Waals surface area contributed by atoms with Crippen LogP contribution in [0.15, 0.2) is 4.90 Å². The Balaban J connectivity index is 2.94. The lowest BCUT2D eigenvalue weighted by Gasteiger charge is -2.11. The van der Waals surface area contributed by atoms with Gasteiger partial charge in [0.25, 0.3) is 0 Å². The molecule has 0 bridgehead atoms. The van der Waals surface area contributed by atoms with E-state index in [-0.39, 0.29) is 40.7 Å². The first-order valence-corrected chi connectivity index (χ1v) is 7.68. The highest BCUT2D eigenvalue weighted by molar-refractivity contribution is 7.89. The van der Waals surface area contributed by atoms with Gasteiger partial charge in [-0.3, -0.25) is 4.79 Å². The van der Waals surface area contributed by atoms with Crippen molar-refractivity contribution >= 4 is 21.9 Å². The normalized spacial score (nSPS) is 11.4. The number of hydrogen-bond acceptors (Lipinski definition) is 4. The first-order valence-electron chi connectivity index (χ1n) is 6.20. The third-order valence-corrected chi connectivity index (χ3v) is 4.72. The van der Waals surface area contributed by atoms with E-state index >= 15 is 0 Å². The second-order valence-electron chi connectivity index (χ2n) is 4.82. The highest BCUT2D eigenvalue weighted by Gasteiger charge is 2.26. The molecular weight excluding hydrogens is 298 g/mol. The zero-order chi connectivity index (χ0) is 16.4. The Morgan fingerprint density at radius 3 is 2.29 bits per heavy atom. The molecule has 1 rings (SSSR count). The molecule has 1 aromatic heterocycles. The second-order valence-corrected chi connectivity index (χ2v) is 6.52. The van der Waals surface area contributed by atoms with Crippen molar-refractivity contribution in [1.29, 1.82) is 0 Å². The smallest absolute Gasteiger partial charge is 0.352 e. The number of aromatic nitrogens is 1. The molecule has 0 atom stereocenters. The Labute approximate surface area is 123 Å². The molecule has 0 saturated carbocycles. The average molecular weight is 317 g/mol. The monoisotopic (exact) mass is 317 g/mol. The molecule has 0 aliphatic rings. The van der Waals surface area contributed by atoms with Crippen molar-refractivity contribution in [2.75, 3.05) is 20.6 Å². The van der Waals surface area contributed by atoms with Gasteiger partial charge in [-0.1, -0.05) is 0 Å². The third-order valence-electron chi connectivity index (χ3n) is 2.98. The summed E-state index contributed by atoms with van der Waals surface area (Å²) in [5.41, 5.74) is 0.236. The molecule has 0 saturated heterocycles. The number of amides is 1. The molecular formula is C12H19N3O5S. The molecule has 0 fully saturated rings. The van der Waals surface area contributed by atoms with Crippen molar-refractivity contribution in [3.63, 3.8) is 0 Å². The number of carboxylic acids is 1. The fourth-order valence-corrected chi connectivity index (χ4v) is 3.41. The molecule has 1 heterocycles. The Kier molecular flexibility index (Phi) is 5.13. The van der Waals surface area contributed by atoms with Crippen LogP contribution in [0, 0.1) is 13.8 Å². The highest BCUT2D eigenvalue weighted by atomic mass is 32.2. The number of aryl methyl sites for hydroxylation is 1. The second kappa shape index (κ2) is 6.27. The van der Waals surface area contributed by atoms with Crippen molar-refractivity contribution in [1.82, 2.24) is 14.6 Å². The standard InChI is InChI=1S/C12H19N3O5S/c1-7-10(12(17)18)14-8(2)11(7)21(19,20)13-6-5-9(16)15(3)4/h13-14H,5-6H2,1-4H3,(H,17,18). The van der Waals surface area contributed by atoms with Gasteiger partial charge < -0.3 is 15.0 Å². The number of nitrogens with one attached hydrogen (secondary N) is 2. The van der Waals surface area contributed by atoms with Crippen molar-refractivity contribution in [2.45, 2.75) is 25.2 Å². The topological polar surface area (TPSA) is 120 Å². The van der Waals surface area contributed by atoms with Crippen molar-refractivity contribution in [3.8, 4) is 0 Å². The van der Waals surface area contributed by atoms with Crippen LogP contribution in [0.5, 0.6) is 0 Å². The molecule has 1 amide bonds. The first-order chi connectivity index (χ1) is 9.58. The van der Waals surface area contributed by atoms with Crippen molar-refractivity contribution in [2.24, 2.45) is 0 Å². The number of aromatic carboxylic acids is 1. The average Bonchev–Trinajstić information content (AvgIpc) is 2.64. The zero-order valence-corrected chi connectivity index (χ0v) is 13.2. The number of H-pyrrole nitrogens is 1. The summed E-state index contributed by atoms with van der Waals surface area (Å²) >= 11 is 0. The van der Waals surface area contributed by atoms with Gasteiger partial charge in [0.05, 0.1) is 0 Å². The minimum absolute atomic E-state index is 0.0283. The van der Waals surface area contributed by atoms with Gasteiger partial charge in [-0.2, -0.15) is 0 Å². The van der Waals surface area contributed by atoms with Crippen LogP contribution in [-0.4, -0.2) is 55.9 Å². The van der Waals surface area contributed by atoms with Gasteiger partial charge in [-0.25, -0.2) is 17.9 Å². The van der Waals surface area contributed by atoms with E-state index < -0.39 is 16.0 Å². The Morgan fingerprint density at radius 1 is 1.29 bits per heavy atom. The van der Waals surface area contributed by atoms with Gasteiger partial charge in [0.15, 0.2) is 0 Å². The van der Waals surface area contributed by atoms with Crippen molar-refractivity contribution < 1.29 is 23.1 Å². The lowest BCUT2D eigenvalue weighted by molar-refractivity contribution is -0.128. The van der Waals surface area contributed by atoms with E-state index in [1.54, 1.807) is 14.1 Å². The minimum atomic E-state index is -3.87. The molecule has 8 nitrogen and oxygen atoms in total. The van der Waals surface area contributed by atoms with E-state index in [4.69, 9.17) is 5.11 Å². The number of sulfonamides is 1. The highest BCUT2D eigenvalue weighted by Crippen LogP contribution is 2.22. The SMILES string of the molecule is Cc1[nH]c(C(=O)O)c(C)c1S(=O)(=O)NCCC(=O)N(C)C. The predicted octanol–water partition coefficient (Wildman–Crippen LogP) is 0.0863. The van der Waals surface area contributed by atoms with Crippen molar-refractivity contribution in [3.05, 3.63) is 17.0 Å². The molecule has 0 aliphatic heterocycles. The minimum Gasteiger partial charge on any atom is -0.477 e.